The van der Waals surface area contributed by atoms with E-state index in [0.717, 1.165) is 11.3 Å². The summed E-state index contributed by atoms with van der Waals surface area (Å²) in [5.74, 6) is 0. The molecule has 0 saturated carbocycles. The van der Waals surface area contributed by atoms with E-state index in [2.05, 4.69) is 25.1 Å². The molecule has 2 heteroatoms. The van der Waals surface area contributed by atoms with Gasteiger partial charge in [-0.1, -0.05) is 11.3 Å². The summed E-state index contributed by atoms with van der Waals surface area (Å²) >= 11 is 4.12. The zero-order valence-corrected chi connectivity index (χ0v) is 6.42. The van der Waals surface area contributed by atoms with Crippen LogP contribution in [0.1, 0.15) is 6.42 Å². The van der Waals surface area contributed by atoms with E-state index in [-0.39, 0.29) is 17.1 Å². The van der Waals surface area contributed by atoms with Gasteiger partial charge < -0.3 is 0 Å². The molecule has 0 aromatic rings. The summed E-state index contributed by atoms with van der Waals surface area (Å²) in [6.45, 7) is 0. The zero-order valence-electron chi connectivity index (χ0n) is 4.34. The van der Waals surface area contributed by atoms with Gasteiger partial charge in [-0.05, 0) is 0 Å². The molecule has 0 aromatic heterocycles. The molecule has 0 unspecified atom stereocenters. The van der Waals surface area contributed by atoms with Gasteiger partial charge in [-0.15, -0.1) is 6.08 Å². The predicted octanol–water partition coefficient (Wildman–Crippen LogP) is 1.96. The van der Waals surface area contributed by atoms with Crippen LogP contribution in [0, 0.1) is 6.42 Å². The third kappa shape index (κ3) is 2.51. The maximum absolute atomic E-state index is 4.12. The van der Waals surface area contributed by atoms with Crippen molar-refractivity contribution in [1.29, 1.82) is 0 Å². The topological polar surface area (TPSA) is 0 Å². The fourth-order valence-electron chi connectivity index (χ4n) is 0.502. The predicted molar refractivity (Wildman–Crippen MR) is 35.1 cm³/mol. The second-order valence-corrected chi connectivity index (χ2v) is 1.98. The molecule has 0 atom stereocenters. The van der Waals surface area contributed by atoms with E-state index in [1.54, 1.807) is 0 Å². The van der Waals surface area contributed by atoms with E-state index in [1.165, 1.54) is 0 Å². The van der Waals surface area contributed by atoms with Crippen molar-refractivity contribution in [2.75, 3.05) is 0 Å². The Morgan fingerprint density at radius 1 is 1.62 bits per heavy atom. The van der Waals surface area contributed by atoms with Gasteiger partial charge in [0.2, 0.25) is 0 Å². The van der Waals surface area contributed by atoms with Crippen LogP contribution in [0.15, 0.2) is 23.1 Å². The minimum atomic E-state index is 0. The molecule has 0 bridgehead atoms. The van der Waals surface area contributed by atoms with Gasteiger partial charge in [0, 0.05) is 17.1 Å². The van der Waals surface area contributed by atoms with Gasteiger partial charge in [-0.25, -0.2) is 12.5 Å². The number of rotatable bonds is 0. The van der Waals surface area contributed by atoms with Gasteiger partial charge in [0.15, 0.2) is 0 Å². The van der Waals surface area contributed by atoms with Crippen molar-refractivity contribution in [3.63, 3.8) is 0 Å². The van der Waals surface area contributed by atoms with E-state index in [1.807, 2.05) is 12.2 Å². The molecule has 1 rings (SSSR count). The van der Waals surface area contributed by atoms with E-state index in [0.29, 0.717) is 0 Å². The van der Waals surface area contributed by atoms with Gasteiger partial charge in [0.25, 0.3) is 0 Å². The van der Waals surface area contributed by atoms with Gasteiger partial charge in [0.1, 0.15) is 0 Å². The van der Waals surface area contributed by atoms with Crippen molar-refractivity contribution >= 4 is 12.6 Å². The van der Waals surface area contributed by atoms with Crippen LogP contribution < -0.4 is 0 Å². The number of hydrogen-bond acceptors (Lipinski definition) is 1. The summed E-state index contributed by atoms with van der Waals surface area (Å²) in [4.78, 5) is 1.07. The Morgan fingerprint density at radius 2 is 2.38 bits per heavy atom. The monoisotopic (exact) mass is 166 g/mol. The summed E-state index contributed by atoms with van der Waals surface area (Å²) < 4.78 is 0. The van der Waals surface area contributed by atoms with Crippen LogP contribution in [0.5, 0.6) is 0 Å². The van der Waals surface area contributed by atoms with Crippen LogP contribution >= 0.6 is 12.6 Å². The maximum Gasteiger partial charge on any atom is 0 e. The van der Waals surface area contributed by atoms with Gasteiger partial charge in [0.05, 0.1) is 0 Å². The Bertz CT molecular complexity index is 116. The van der Waals surface area contributed by atoms with Crippen molar-refractivity contribution in [3.8, 4) is 0 Å². The van der Waals surface area contributed by atoms with Crippen LogP contribution in [0.25, 0.3) is 0 Å². The molecule has 1 aliphatic carbocycles. The maximum atomic E-state index is 4.12. The number of thiol groups is 1. The summed E-state index contributed by atoms with van der Waals surface area (Å²) in [6.07, 6.45) is 9.20. The van der Waals surface area contributed by atoms with Crippen LogP contribution in [0.4, 0.5) is 0 Å². The van der Waals surface area contributed by atoms with Crippen LogP contribution in [-0.2, 0) is 17.1 Å². The Kier molecular flexibility index (Phi) is 4.25. The Hall–Kier alpha value is 0.219. The first-order valence-electron chi connectivity index (χ1n) is 2.28. The van der Waals surface area contributed by atoms with Crippen LogP contribution in [-0.4, -0.2) is 0 Å². The molecule has 0 saturated heterocycles. The third-order valence-corrected chi connectivity index (χ3v) is 1.20. The first-order valence-corrected chi connectivity index (χ1v) is 2.73. The van der Waals surface area contributed by atoms with Crippen molar-refractivity contribution in [3.05, 3.63) is 29.6 Å². The molecule has 0 spiro atoms. The Balaban J connectivity index is 0.000000490. The first-order chi connectivity index (χ1) is 3.39. The molecule has 0 nitrogen and oxygen atoms in total. The molecule has 45 valence electrons. The summed E-state index contributed by atoms with van der Waals surface area (Å²) in [6, 6.07) is 0. The van der Waals surface area contributed by atoms with E-state index < -0.39 is 0 Å². The molecule has 0 fully saturated rings. The zero-order chi connectivity index (χ0) is 5.11. The largest absolute Gasteiger partial charge is 0.227 e. The van der Waals surface area contributed by atoms with Crippen LogP contribution in [0.3, 0.4) is 0 Å². The molecule has 0 aliphatic heterocycles. The molecule has 1 aliphatic rings. The quantitative estimate of drug-likeness (QED) is 0.317. The average Bonchev–Trinajstić information content (AvgIpc) is 1.69. The molecular formula is C6H7MnS-. The molecule has 0 N–H and O–H groups in total. The summed E-state index contributed by atoms with van der Waals surface area (Å²) in [7, 11) is 0. The minimum Gasteiger partial charge on any atom is -0.227 e. The van der Waals surface area contributed by atoms with E-state index in [4.69, 9.17) is 0 Å². The summed E-state index contributed by atoms with van der Waals surface area (Å²) in [5.41, 5.74) is 0. The number of hydrogen-bond donors (Lipinski definition) is 1. The first kappa shape index (κ1) is 8.22. The normalized spacial score (nSPS) is 15.9. The SMILES string of the molecule is SC1=CC[CH-]C=C1.[Mn]. The van der Waals surface area contributed by atoms with E-state index >= 15 is 0 Å². The van der Waals surface area contributed by atoms with Gasteiger partial charge >= 0.3 is 0 Å². The van der Waals surface area contributed by atoms with E-state index in [9.17, 15) is 0 Å². The van der Waals surface area contributed by atoms with Crippen molar-refractivity contribution in [2.45, 2.75) is 6.42 Å². The average molecular weight is 166 g/mol. The molecule has 0 aromatic carbocycles. The fraction of sp³-hybridized carbons (Fsp3) is 0.167. The molecule has 8 heavy (non-hydrogen) atoms. The molecule has 0 amide bonds. The smallest absolute Gasteiger partial charge is 0 e. The minimum absolute atomic E-state index is 0. The molecular weight excluding hydrogens is 159 g/mol. The van der Waals surface area contributed by atoms with Crippen molar-refractivity contribution in [2.24, 2.45) is 0 Å². The van der Waals surface area contributed by atoms with Crippen molar-refractivity contribution in [1.82, 2.24) is 0 Å². The molecule has 1 radical (unpaired) electrons. The second kappa shape index (κ2) is 4.13. The number of allylic oxidation sites excluding steroid dienone is 3. The Morgan fingerprint density at radius 3 is 2.62 bits per heavy atom. The second-order valence-electron chi connectivity index (χ2n) is 1.46. The summed E-state index contributed by atoms with van der Waals surface area (Å²) in [5, 5.41) is 0. The Labute approximate surface area is 65.9 Å². The van der Waals surface area contributed by atoms with Gasteiger partial charge in [-0.2, -0.15) is 18.7 Å². The molecule has 0 heterocycles. The fourth-order valence-corrected chi connectivity index (χ4v) is 0.694. The van der Waals surface area contributed by atoms with Gasteiger partial charge in [-0.3, -0.25) is 0 Å². The standard InChI is InChI=1S/C6H7S.Mn/c7-6-4-2-1-3-5-6;/h1-2,4-5,7H,3H2;/q-1;. The van der Waals surface area contributed by atoms with Crippen LogP contribution in [0.2, 0.25) is 0 Å². The third-order valence-electron chi connectivity index (χ3n) is 0.866. The van der Waals surface area contributed by atoms with Crippen molar-refractivity contribution < 1.29 is 17.1 Å².